The van der Waals surface area contributed by atoms with Crippen molar-refractivity contribution in [1.29, 1.82) is 0 Å². The van der Waals surface area contributed by atoms with Gasteiger partial charge in [0, 0.05) is 17.0 Å². The van der Waals surface area contributed by atoms with E-state index in [0.717, 1.165) is 33.8 Å². The Morgan fingerprint density at radius 2 is 1.96 bits per heavy atom. The Kier molecular flexibility index (Phi) is 4.92. The van der Waals surface area contributed by atoms with E-state index in [2.05, 4.69) is 15.3 Å². The maximum Gasteiger partial charge on any atom is 1.00 e. The minimum absolute atomic E-state index is 0. The summed E-state index contributed by atoms with van der Waals surface area (Å²) in [5, 5.41) is 4.88. The van der Waals surface area contributed by atoms with Crippen molar-refractivity contribution in [3.05, 3.63) is 53.3 Å². The fourth-order valence-corrected chi connectivity index (χ4v) is 2.58. The summed E-state index contributed by atoms with van der Waals surface area (Å²) in [7, 11) is 0. The van der Waals surface area contributed by atoms with Crippen LogP contribution in [-0.2, 0) is 6.54 Å². The number of ether oxygens (including phenoxy) is 2. The minimum Gasteiger partial charge on any atom is -1.00 e. The van der Waals surface area contributed by atoms with Crippen LogP contribution < -0.4 is 44.3 Å². The Morgan fingerprint density at radius 3 is 2.87 bits per heavy atom. The predicted octanol–water partition coefficient (Wildman–Crippen LogP) is 0.740. The van der Waals surface area contributed by atoms with Gasteiger partial charge in [-0.05, 0) is 35.9 Å². The smallest absolute Gasteiger partial charge is 1.00 e. The van der Waals surface area contributed by atoms with Crippen LogP contribution in [0.1, 0.15) is 6.99 Å². The first-order valence-electron chi connectivity index (χ1n) is 6.82. The number of anilines is 1. The Bertz CT molecular complexity index is 866. The SMILES string of the molecule is Clc1ccc2ncnc(NCc3ccc4c(c3)OCO4)c2c1.[H-].[Na+]. The Morgan fingerprint density at radius 1 is 1.09 bits per heavy atom. The first-order chi connectivity index (χ1) is 10.8. The maximum absolute atomic E-state index is 6.06. The third-order valence-electron chi connectivity index (χ3n) is 3.49. The van der Waals surface area contributed by atoms with Gasteiger partial charge in [0.15, 0.2) is 11.5 Å². The molecule has 3 aromatic rings. The second kappa shape index (κ2) is 6.93. The van der Waals surface area contributed by atoms with E-state index in [4.69, 9.17) is 21.1 Å². The van der Waals surface area contributed by atoms with Crippen LogP contribution in [0.15, 0.2) is 42.7 Å². The molecule has 0 unspecified atom stereocenters. The fraction of sp³-hybridized carbons (Fsp3) is 0.125. The van der Waals surface area contributed by atoms with Gasteiger partial charge >= 0.3 is 29.6 Å². The molecule has 5 nitrogen and oxygen atoms in total. The van der Waals surface area contributed by atoms with Gasteiger partial charge in [0.1, 0.15) is 12.1 Å². The van der Waals surface area contributed by atoms with Crippen LogP contribution in [0.4, 0.5) is 5.82 Å². The molecule has 0 amide bonds. The molecule has 0 saturated heterocycles. The van der Waals surface area contributed by atoms with Gasteiger partial charge in [-0.1, -0.05) is 17.7 Å². The summed E-state index contributed by atoms with van der Waals surface area (Å²) in [6, 6.07) is 11.4. The molecule has 1 aromatic heterocycles. The molecule has 2 aromatic carbocycles. The van der Waals surface area contributed by atoms with E-state index in [-0.39, 0.29) is 37.8 Å². The number of benzene rings is 2. The molecule has 0 saturated carbocycles. The van der Waals surface area contributed by atoms with Crippen molar-refractivity contribution in [2.45, 2.75) is 6.54 Å². The van der Waals surface area contributed by atoms with E-state index in [9.17, 15) is 0 Å². The van der Waals surface area contributed by atoms with Crippen molar-refractivity contribution in [2.24, 2.45) is 0 Å². The second-order valence-electron chi connectivity index (χ2n) is 4.92. The van der Waals surface area contributed by atoms with Gasteiger partial charge < -0.3 is 16.2 Å². The molecule has 7 heteroatoms. The summed E-state index contributed by atoms with van der Waals surface area (Å²) in [6.07, 6.45) is 1.54. The average molecular weight is 338 g/mol. The molecular weight excluding hydrogens is 325 g/mol. The molecule has 23 heavy (non-hydrogen) atoms. The van der Waals surface area contributed by atoms with E-state index < -0.39 is 0 Å². The normalized spacial score (nSPS) is 12.0. The van der Waals surface area contributed by atoms with Crippen molar-refractivity contribution in [3.8, 4) is 11.5 Å². The number of nitrogens with zero attached hydrogens (tertiary/aromatic N) is 2. The zero-order valence-corrected chi connectivity index (χ0v) is 15.3. The molecule has 0 fully saturated rings. The van der Waals surface area contributed by atoms with Crippen LogP contribution in [0.2, 0.25) is 5.02 Å². The number of hydrogen-bond donors (Lipinski definition) is 1. The summed E-state index contributed by atoms with van der Waals surface area (Å²) in [5.41, 5.74) is 1.94. The Labute approximate surface area is 161 Å². The van der Waals surface area contributed by atoms with Gasteiger partial charge in [-0.2, -0.15) is 0 Å². The summed E-state index contributed by atoms with van der Waals surface area (Å²) in [4.78, 5) is 8.54. The molecule has 4 rings (SSSR count). The molecule has 0 radical (unpaired) electrons. The third-order valence-corrected chi connectivity index (χ3v) is 3.73. The van der Waals surface area contributed by atoms with Gasteiger partial charge in [0.05, 0.1) is 5.52 Å². The third kappa shape index (κ3) is 3.38. The molecule has 0 atom stereocenters. The van der Waals surface area contributed by atoms with Gasteiger partial charge in [-0.3, -0.25) is 0 Å². The second-order valence-corrected chi connectivity index (χ2v) is 5.36. The number of halogens is 1. The monoisotopic (exact) mass is 337 g/mol. The van der Waals surface area contributed by atoms with Gasteiger partial charge in [0.2, 0.25) is 6.79 Å². The number of fused-ring (bicyclic) bond motifs is 2. The summed E-state index contributed by atoms with van der Waals surface area (Å²) in [5.74, 6) is 2.31. The van der Waals surface area contributed by atoms with E-state index in [1.807, 2.05) is 36.4 Å². The van der Waals surface area contributed by atoms with Crippen molar-refractivity contribution < 1.29 is 40.5 Å². The maximum atomic E-state index is 6.06. The Hall–Kier alpha value is -1.53. The molecule has 2 heterocycles. The topological polar surface area (TPSA) is 56.3 Å². The van der Waals surface area contributed by atoms with Crippen LogP contribution in [0, 0.1) is 0 Å². The van der Waals surface area contributed by atoms with Crippen LogP contribution in [-0.4, -0.2) is 16.8 Å². The fourth-order valence-electron chi connectivity index (χ4n) is 2.41. The first-order valence-corrected chi connectivity index (χ1v) is 7.20. The number of rotatable bonds is 3. The quantitative estimate of drug-likeness (QED) is 0.715. The molecule has 0 bridgehead atoms. The first kappa shape index (κ1) is 16.3. The molecule has 1 aliphatic rings. The molecule has 112 valence electrons. The molecule has 1 N–H and O–H groups in total. The average Bonchev–Trinajstić information content (AvgIpc) is 3.00. The van der Waals surface area contributed by atoms with Gasteiger partial charge in [-0.25, -0.2) is 9.97 Å². The minimum atomic E-state index is 0. The zero-order valence-electron chi connectivity index (χ0n) is 13.5. The van der Waals surface area contributed by atoms with E-state index >= 15 is 0 Å². The number of hydrogen-bond acceptors (Lipinski definition) is 5. The van der Waals surface area contributed by atoms with Crippen LogP contribution in [0.3, 0.4) is 0 Å². The van der Waals surface area contributed by atoms with Crippen molar-refractivity contribution >= 4 is 28.3 Å². The van der Waals surface area contributed by atoms with Crippen LogP contribution in [0.5, 0.6) is 11.5 Å². The molecule has 0 aliphatic carbocycles. The number of aromatic nitrogens is 2. The molecule has 1 aliphatic heterocycles. The molecular formula is C16H13ClN3NaO2. The zero-order chi connectivity index (χ0) is 14.9. The number of nitrogens with one attached hydrogen (secondary N) is 1. The van der Waals surface area contributed by atoms with E-state index in [1.165, 1.54) is 6.33 Å². The molecule has 0 spiro atoms. The summed E-state index contributed by atoms with van der Waals surface area (Å²) >= 11 is 6.06. The Balaban J connectivity index is 0.00000104. The largest absolute Gasteiger partial charge is 1.00 e. The van der Waals surface area contributed by atoms with Crippen LogP contribution >= 0.6 is 11.6 Å². The van der Waals surface area contributed by atoms with E-state index in [0.29, 0.717) is 11.6 Å². The summed E-state index contributed by atoms with van der Waals surface area (Å²) < 4.78 is 10.7. The van der Waals surface area contributed by atoms with Gasteiger partial charge in [0.25, 0.3) is 0 Å². The summed E-state index contributed by atoms with van der Waals surface area (Å²) in [6.45, 7) is 0.899. The van der Waals surface area contributed by atoms with Crippen molar-refractivity contribution in [3.63, 3.8) is 0 Å². The standard InChI is InChI=1S/C16H12ClN3O2.Na.H/c17-11-2-3-13-12(6-11)16(20-8-19-13)18-7-10-1-4-14-15(5-10)22-9-21-14;;/h1-6,8H,7,9H2,(H,18,19,20);;/q;+1;-1. The van der Waals surface area contributed by atoms with Crippen LogP contribution in [0.25, 0.3) is 10.9 Å². The van der Waals surface area contributed by atoms with Crippen molar-refractivity contribution in [2.75, 3.05) is 12.1 Å². The van der Waals surface area contributed by atoms with E-state index in [1.54, 1.807) is 0 Å². The van der Waals surface area contributed by atoms with Gasteiger partial charge in [-0.15, -0.1) is 0 Å². The van der Waals surface area contributed by atoms with Crippen molar-refractivity contribution in [1.82, 2.24) is 9.97 Å². The predicted molar refractivity (Wildman–Crippen MR) is 85.6 cm³/mol.